The van der Waals surface area contributed by atoms with E-state index in [4.69, 9.17) is 0 Å². The third kappa shape index (κ3) is 2.74. The molecule has 114 valence electrons. The van der Waals surface area contributed by atoms with E-state index in [-0.39, 0.29) is 21.9 Å². The Morgan fingerprint density at radius 2 is 1.25 bits per heavy atom. The van der Waals surface area contributed by atoms with Crippen molar-refractivity contribution >= 4 is 11.4 Å². The van der Waals surface area contributed by atoms with E-state index in [2.05, 4.69) is 20.8 Å². The van der Waals surface area contributed by atoms with Gasteiger partial charge in [-0.2, -0.15) is 0 Å². The van der Waals surface area contributed by atoms with Gasteiger partial charge in [-0.05, 0) is 41.0 Å². The van der Waals surface area contributed by atoms with Crippen LogP contribution < -0.4 is 20.7 Å². The Morgan fingerprint density at radius 1 is 0.850 bits per heavy atom. The van der Waals surface area contributed by atoms with Crippen LogP contribution in [0.1, 0.15) is 54.4 Å². The minimum atomic E-state index is -0.364. The summed E-state index contributed by atoms with van der Waals surface area (Å²) in [5.74, 6) is 0. The number of rotatable bonds is 5. The Hall–Kier alpha value is -1.32. The van der Waals surface area contributed by atoms with Crippen molar-refractivity contribution in [2.45, 2.75) is 65.5 Å². The molecular formula is C16H28N2O2. The second-order valence-corrected chi connectivity index (χ2v) is 7.21. The molecule has 0 fully saturated rings. The molecular weight excluding hydrogens is 252 g/mol. The van der Waals surface area contributed by atoms with Crippen molar-refractivity contribution in [1.82, 2.24) is 0 Å². The molecule has 0 bridgehead atoms. The summed E-state index contributed by atoms with van der Waals surface area (Å²) in [4.78, 5) is 27.9. The van der Waals surface area contributed by atoms with Gasteiger partial charge in [0.25, 0.3) is 10.9 Å². The highest BCUT2D eigenvalue weighted by Crippen LogP contribution is 2.33. The van der Waals surface area contributed by atoms with Gasteiger partial charge in [-0.1, -0.05) is 13.3 Å². The van der Waals surface area contributed by atoms with Crippen LogP contribution in [0.2, 0.25) is 0 Å². The molecule has 0 saturated heterocycles. The molecule has 0 atom stereocenters. The molecule has 0 saturated carbocycles. The predicted molar refractivity (Wildman–Crippen MR) is 86.9 cm³/mol. The first kappa shape index (κ1) is 16.7. The second-order valence-electron chi connectivity index (χ2n) is 7.21. The third-order valence-corrected chi connectivity index (χ3v) is 4.31. The highest BCUT2D eigenvalue weighted by molar-refractivity contribution is 5.77. The molecule has 4 nitrogen and oxygen atoms in total. The van der Waals surface area contributed by atoms with Crippen LogP contribution in [0.5, 0.6) is 0 Å². The molecule has 1 rings (SSSR count). The normalized spacial score (nSPS) is 12.8. The average Bonchev–Trinajstić information content (AvgIpc) is 2.31. The summed E-state index contributed by atoms with van der Waals surface area (Å²) in [6.07, 6.45) is 2.01. The number of anilines is 2. The summed E-state index contributed by atoms with van der Waals surface area (Å²) in [7, 11) is 3.78. The van der Waals surface area contributed by atoms with Crippen molar-refractivity contribution in [1.29, 1.82) is 0 Å². The predicted octanol–water partition coefficient (Wildman–Crippen LogP) is 2.53. The van der Waals surface area contributed by atoms with Gasteiger partial charge in [-0.25, -0.2) is 0 Å². The molecule has 1 aromatic rings. The Labute approximate surface area is 122 Å². The van der Waals surface area contributed by atoms with Gasteiger partial charge in [0.2, 0.25) is 0 Å². The third-order valence-electron chi connectivity index (χ3n) is 4.31. The van der Waals surface area contributed by atoms with Crippen LogP contribution in [-0.4, -0.2) is 25.2 Å². The highest BCUT2D eigenvalue weighted by atomic mass is 16.2. The molecule has 0 amide bonds. The molecule has 4 heteroatoms. The van der Waals surface area contributed by atoms with Crippen molar-refractivity contribution in [3.63, 3.8) is 0 Å². The molecule has 0 aliphatic rings. The fraction of sp³-hybridized carbons (Fsp3) is 0.750. The zero-order valence-electron chi connectivity index (χ0n) is 14.1. The van der Waals surface area contributed by atoms with Crippen LogP contribution in [0.25, 0.3) is 0 Å². The number of hydrogen-bond donors (Lipinski definition) is 0. The summed E-state index contributed by atoms with van der Waals surface area (Å²) in [5.41, 5.74) is 0.0660. The van der Waals surface area contributed by atoms with Gasteiger partial charge in [-0.15, -0.1) is 0 Å². The summed E-state index contributed by atoms with van der Waals surface area (Å²) in [6.45, 7) is 12.4. The second kappa shape index (κ2) is 5.23. The fourth-order valence-electron chi connectivity index (χ4n) is 2.41. The van der Waals surface area contributed by atoms with Crippen LogP contribution in [0.15, 0.2) is 9.59 Å². The minimum absolute atomic E-state index is 0.135. The first-order valence-electron chi connectivity index (χ1n) is 7.26. The SMILES string of the molecule is CCCC(C)(C)N(C)c1c(N(C)C(C)(C)C)c(=O)c1=O. The molecule has 20 heavy (non-hydrogen) atoms. The molecule has 0 spiro atoms. The lowest BCUT2D eigenvalue weighted by Crippen LogP contribution is -2.53. The van der Waals surface area contributed by atoms with Gasteiger partial charge in [-0.3, -0.25) is 9.59 Å². The maximum absolute atomic E-state index is 12.0. The van der Waals surface area contributed by atoms with E-state index in [1.54, 1.807) is 0 Å². The first-order valence-corrected chi connectivity index (χ1v) is 7.26. The van der Waals surface area contributed by atoms with Gasteiger partial charge in [0, 0.05) is 25.2 Å². The standard InChI is InChI=1S/C16H28N2O2/c1-9-10-16(5,6)18(8)12-11(13(19)14(12)20)17(7)15(2,3)4/h9-10H2,1-8H3. The van der Waals surface area contributed by atoms with Gasteiger partial charge in [0.05, 0.1) is 0 Å². The van der Waals surface area contributed by atoms with E-state index in [9.17, 15) is 9.59 Å². The topological polar surface area (TPSA) is 40.6 Å². The summed E-state index contributed by atoms with van der Waals surface area (Å²) < 4.78 is 0. The lowest BCUT2D eigenvalue weighted by Gasteiger charge is -2.42. The molecule has 0 aliphatic carbocycles. The van der Waals surface area contributed by atoms with Crippen LogP contribution in [0.3, 0.4) is 0 Å². The van der Waals surface area contributed by atoms with E-state index in [1.165, 1.54) is 0 Å². The molecule has 0 radical (unpaired) electrons. The van der Waals surface area contributed by atoms with E-state index in [0.717, 1.165) is 12.8 Å². The molecule has 0 N–H and O–H groups in total. The molecule has 0 heterocycles. The van der Waals surface area contributed by atoms with Crippen molar-refractivity contribution in [2.75, 3.05) is 23.9 Å². The Balaban J connectivity index is 3.26. The quantitative estimate of drug-likeness (QED) is 0.777. The van der Waals surface area contributed by atoms with Crippen molar-refractivity contribution in [3.05, 3.63) is 20.4 Å². The number of nitrogens with zero attached hydrogens (tertiary/aromatic N) is 2. The minimum Gasteiger partial charge on any atom is -0.365 e. The van der Waals surface area contributed by atoms with E-state index >= 15 is 0 Å². The van der Waals surface area contributed by atoms with E-state index in [0.29, 0.717) is 11.4 Å². The van der Waals surface area contributed by atoms with Crippen molar-refractivity contribution in [3.8, 4) is 0 Å². The largest absolute Gasteiger partial charge is 0.365 e. The lowest BCUT2D eigenvalue weighted by atomic mass is 9.94. The van der Waals surface area contributed by atoms with Crippen LogP contribution in [-0.2, 0) is 0 Å². The molecule has 0 unspecified atom stereocenters. The zero-order chi connectivity index (χ0) is 15.9. The van der Waals surface area contributed by atoms with Crippen molar-refractivity contribution in [2.24, 2.45) is 0 Å². The maximum Gasteiger partial charge on any atom is 0.253 e. The first-order chi connectivity index (χ1) is 8.95. The Morgan fingerprint density at radius 3 is 1.60 bits per heavy atom. The number of hydrogen-bond acceptors (Lipinski definition) is 4. The smallest absolute Gasteiger partial charge is 0.253 e. The van der Waals surface area contributed by atoms with Crippen molar-refractivity contribution < 1.29 is 0 Å². The zero-order valence-corrected chi connectivity index (χ0v) is 14.1. The molecule has 0 aliphatic heterocycles. The monoisotopic (exact) mass is 280 g/mol. The van der Waals surface area contributed by atoms with Gasteiger partial charge in [0.15, 0.2) is 0 Å². The fourth-order valence-corrected chi connectivity index (χ4v) is 2.41. The lowest BCUT2D eigenvalue weighted by molar-refractivity contribution is 0.441. The van der Waals surface area contributed by atoms with Crippen LogP contribution in [0, 0.1) is 0 Å². The molecule has 1 aromatic carbocycles. The summed E-state index contributed by atoms with van der Waals surface area (Å²) in [6, 6.07) is 0. The average molecular weight is 280 g/mol. The summed E-state index contributed by atoms with van der Waals surface area (Å²) in [5, 5.41) is 0. The highest BCUT2D eigenvalue weighted by Gasteiger charge is 2.35. The Bertz CT molecular complexity index is 545. The van der Waals surface area contributed by atoms with Crippen LogP contribution >= 0.6 is 0 Å². The van der Waals surface area contributed by atoms with E-state index in [1.807, 2.05) is 44.7 Å². The maximum atomic E-state index is 12.0. The van der Waals surface area contributed by atoms with Crippen LogP contribution in [0.4, 0.5) is 11.4 Å². The van der Waals surface area contributed by atoms with E-state index < -0.39 is 0 Å². The Kier molecular flexibility index (Phi) is 4.37. The summed E-state index contributed by atoms with van der Waals surface area (Å²) >= 11 is 0. The van der Waals surface area contributed by atoms with Gasteiger partial charge in [0.1, 0.15) is 11.4 Å². The van der Waals surface area contributed by atoms with Gasteiger partial charge >= 0.3 is 0 Å². The molecule has 0 aromatic heterocycles. The van der Waals surface area contributed by atoms with Gasteiger partial charge < -0.3 is 9.80 Å².